The van der Waals surface area contributed by atoms with Crippen molar-refractivity contribution in [2.75, 3.05) is 0 Å². The summed E-state index contributed by atoms with van der Waals surface area (Å²) < 4.78 is 24.9. The van der Waals surface area contributed by atoms with Crippen molar-refractivity contribution in [2.24, 2.45) is 0 Å². The second-order valence-corrected chi connectivity index (χ2v) is 7.04. The van der Waals surface area contributed by atoms with E-state index in [0.29, 0.717) is 6.42 Å². The average molecular weight is 313 g/mol. The Morgan fingerprint density at radius 1 is 1.24 bits per heavy atom. The van der Waals surface area contributed by atoms with Gasteiger partial charge in [0.05, 0.1) is 10.5 Å². The van der Waals surface area contributed by atoms with E-state index in [0.717, 1.165) is 0 Å². The van der Waals surface area contributed by atoms with Gasteiger partial charge in [-0.1, -0.05) is 19.1 Å². The summed E-state index contributed by atoms with van der Waals surface area (Å²) in [5.74, 6) is -1.98. The van der Waals surface area contributed by atoms with E-state index in [-0.39, 0.29) is 16.5 Å². The van der Waals surface area contributed by atoms with E-state index in [2.05, 4.69) is 5.32 Å². The topological polar surface area (TPSA) is 101 Å². The predicted molar refractivity (Wildman–Crippen MR) is 77.9 cm³/mol. The predicted octanol–water partition coefficient (Wildman–Crippen LogP) is 1.46. The zero-order valence-electron chi connectivity index (χ0n) is 12.2. The van der Waals surface area contributed by atoms with Gasteiger partial charge < -0.3 is 10.4 Å². The molecule has 0 aromatic heterocycles. The second kappa shape index (κ2) is 6.71. The molecular formula is C14H19NO5S. The first-order valence-electron chi connectivity index (χ1n) is 6.58. The molecule has 1 rings (SSSR count). The summed E-state index contributed by atoms with van der Waals surface area (Å²) in [6.45, 7) is 4.89. The van der Waals surface area contributed by atoms with Gasteiger partial charge in [-0.15, -0.1) is 0 Å². The molecule has 2 atom stereocenters. The smallest absolute Gasteiger partial charge is 0.337 e. The summed E-state index contributed by atoms with van der Waals surface area (Å²) in [6.07, 6.45) is 0.671. The molecule has 0 aliphatic heterocycles. The Morgan fingerprint density at radius 3 is 2.33 bits per heavy atom. The number of amides is 1. The fraction of sp³-hybridized carbons (Fsp3) is 0.429. The van der Waals surface area contributed by atoms with Crippen molar-refractivity contribution in [3.63, 3.8) is 0 Å². The van der Waals surface area contributed by atoms with Crippen LogP contribution in [0.25, 0.3) is 0 Å². The average Bonchev–Trinajstić information content (AvgIpc) is 2.45. The highest BCUT2D eigenvalue weighted by Crippen LogP contribution is 2.21. The van der Waals surface area contributed by atoms with Crippen LogP contribution >= 0.6 is 0 Å². The molecule has 0 spiro atoms. The standard InChI is InChI=1S/C14H19NO5S/c1-4-9(2)15-13(16)10(3)21(19,20)12-8-6-5-7-11(12)14(17)18/h5-10H,4H2,1-3H3,(H,15,16)(H,17,18). The van der Waals surface area contributed by atoms with E-state index >= 15 is 0 Å². The van der Waals surface area contributed by atoms with Gasteiger partial charge in [0.2, 0.25) is 5.91 Å². The van der Waals surface area contributed by atoms with Gasteiger partial charge in [-0.3, -0.25) is 4.79 Å². The molecule has 7 heteroatoms. The van der Waals surface area contributed by atoms with Crippen LogP contribution in [0.3, 0.4) is 0 Å². The third kappa shape index (κ3) is 3.81. The quantitative estimate of drug-likeness (QED) is 0.828. The number of hydrogen-bond acceptors (Lipinski definition) is 4. The van der Waals surface area contributed by atoms with Crippen LogP contribution in [0.5, 0.6) is 0 Å². The minimum Gasteiger partial charge on any atom is -0.478 e. The number of carboxylic acids is 1. The molecule has 1 aromatic rings. The maximum absolute atomic E-state index is 12.4. The summed E-state index contributed by atoms with van der Waals surface area (Å²) in [5.41, 5.74) is -0.333. The SMILES string of the molecule is CCC(C)NC(=O)C(C)S(=O)(=O)c1ccccc1C(=O)O. The minimum atomic E-state index is -4.06. The third-order valence-electron chi connectivity index (χ3n) is 3.26. The van der Waals surface area contributed by atoms with Gasteiger partial charge in [0, 0.05) is 6.04 Å². The maximum Gasteiger partial charge on any atom is 0.337 e. The summed E-state index contributed by atoms with van der Waals surface area (Å²) >= 11 is 0. The Balaban J connectivity index is 3.17. The molecule has 2 N–H and O–H groups in total. The van der Waals surface area contributed by atoms with Crippen LogP contribution in [0.4, 0.5) is 0 Å². The normalized spacial score (nSPS) is 14.2. The number of carbonyl (C=O) groups excluding carboxylic acids is 1. The van der Waals surface area contributed by atoms with E-state index in [1.807, 2.05) is 6.92 Å². The van der Waals surface area contributed by atoms with Crippen LogP contribution in [0.2, 0.25) is 0 Å². The number of hydrogen-bond donors (Lipinski definition) is 2. The summed E-state index contributed by atoms with van der Waals surface area (Å²) in [5, 5.41) is 10.3. The molecule has 1 amide bonds. The van der Waals surface area contributed by atoms with Gasteiger partial charge >= 0.3 is 5.97 Å². The Hall–Kier alpha value is -1.89. The molecule has 0 bridgehead atoms. The van der Waals surface area contributed by atoms with Gasteiger partial charge in [-0.2, -0.15) is 0 Å². The summed E-state index contributed by atoms with van der Waals surface area (Å²) in [6, 6.07) is 5.12. The van der Waals surface area contributed by atoms with E-state index in [4.69, 9.17) is 5.11 Å². The summed E-state index contributed by atoms with van der Waals surface area (Å²) in [4.78, 5) is 22.8. The van der Waals surface area contributed by atoms with Crippen molar-refractivity contribution in [1.82, 2.24) is 5.32 Å². The Labute approximate surface area is 124 Å². The first kappa shape index (κ1) is 17.2. The number of nitrogens with one attached hydrogen (secondary N) is 1. The van der Waals surface area contributed by atoms with Crippen LogP contribution in [-0.4, -0.2) is 36.7 Å². The Bertz CT molecular complexity index is 639. The number of aromatic carboxylic acids is 1. The highest BCUT2D eigenvalue weighted by molar-refractivity contribution is 7.92. The van der Waals surface area contributed by atoms with Crippen molar-refractivity contribution < 1.29 is 23.1 Å². The zero-order valence-corrected chi connectivity index (χ0v) is 13.0. The molecule has 0 fully saturated rings. The number of carbonyl (C=O) groups is 2. The maximum atomic E-state index is 12.4. The van der Waals surface area contributed by atoms with Crippen molar-refractivity contribution in [3.05, 3.63) is 29.8 Å². The molecule has 1 aromatic carbocycles. The lowest BCUT2D eigenvalue weighted by atomic mass is 10.2. The lowest BCUT2D eigenvalue weighted by molar-refractivity contribution is -0.121. The van der Waals surface area contributed by atoms with Crippen LogP contribution in [-0.2, 0) is 14.6 Å². The van der Waals surface area contributed by atoms with Crippen molar-refractivity contribution in [3.8, 4) is 0 Å². The Kier molecular flexibility index (Phi) is 5.48. The first-order valence-corrected chi connectivity index (χ1v) is 8.13. The van der Waals surface area contributed by atoms with Crippen LogP contribution < -0.4 is 5.32 Å². The van der Waals surface area contributed by atoms with Gasteiger partial charge in [0.15, 0.2) is 9.84 Å². The fourth-order valence-corrected chi connectivity index (χ4v) is 3.15. The molecule has 6 nitrogen and oxygen atoms in total. The van der Waals surface area contributed by atoms with Crippen molar-refractivity contribution >= 4 is 21.7 Å². The second-order valence-electron chi connectivity index (χ2n) is 4.81. The number of rotatable bonds is 6. The molecule has 2 unspecified atom stereocenters. The molecule has 0 heterocycles. The van der Waals surface area contributed by atoms with Gasteiger partial charge in [0.1, 0.15) is 5.25 Å². The van der Waals surface area contributed by atoms with Gasteiger partial charge in [-0.25, -0.2) is 13.2 Å². The van der Waals surface area contributed by atoms with E-state index in [1.165, 1.54) is 31.2 Å². The van der Waals surface area contributed by atoms with Crippen LogP contribution in [0, 0.1) is 0 Å². The molecule has 0 saturated heterocycles. The highest BCUT2D eigenvalue weighted by atomic mass is 32.2. The molecule has 0 radical (unpaired) electrons. The zero-order chi connectivity index (χ0) is 16.2. The fourth-order valence-electron chi connectivity index (χ4n) is 1.69. The van der Waals surface area contributed by atoms with Crippen molar-refractivity contribution in [1.29, 1.82) is 0 Å². The molecule has 0 aliphatic carbocycles. The number of sulfone groups is 1. The molecule has 0 saturated carbocycles. The number of carboxylic acid groups (broad SMARTS) is 1. The first-order chi connectivity index (χ1) is 9.71. The van der Waals surface area contributed by atoms with Crippen molar-refractivity contribution in [2.45, 2.75) is 43.4 Å². The molecule has 116 valence electrons. The monoisotopic (exact) mass is 313 g/mol. The number of benzene rings is 1. The van der Waals surface area contributed by atoms with Crippen LogP contribution in [0.1, 0.15) is 37.6 Å². The minimum absolute atomic E-state index is 0.148. The van der Waals surface area contributed by atoms with Gasteiger partial charge in [0.25, 0.3) is 0 Å². The van der Waals surface area contributed by atoms with E-state index in [9.17, 15) is 18.0 Å². The molecule has 0 aliphatic rings. The van der Waals surface area contributed by atoms with E-state index in [1.54, 1.807) is 6.92 Å². The molecular weight excluding hydrogens is 294 g/mol. The lowest BCUT2D eigenvalue weighted by Crippen LogP contribution is -2.42. The third-order valence-corrected chi connectivity index (χ3v) is 5.37. The van der Waals surface area contributed by atoms with Crippen LogP contribution in [0.15, 0.2) is 29.2 Å². The lowest BCUT2D eigenvalue weighted by Gasteiger charge is -2.17. The summed E-state index contributed by atoms with van der Waals surface area (Å²) in [7, 11) is -4.06. The Morgan fingerprint density at radius 2 is 1.81 bits per heavy atom. The molecule has 21 heavy (non-hydrogen) atoms. The van der Waals surface area contributed by atoms with Gasteiger partial charge in [-0.05, 0) is 32.4 Å². The van der Waals surface area contributed by atoms with E-state index < -0.39 is 27.0 Å². The largest absolute Gasteiger partial charge is 0.478 e. The highest BCUT2D eigenvalue weighted by Gasteiger charge is 2.33.